The third-order valence-electron chi connectivity index (χ3n) is 3.22. The molecule has 4 heteroatoms. The van der Waals surface area contributed by atoms with E-state index in [1.807, 2.05) is 26.0 Å². The predicted molar refractivity (Wildman–Crippen MR) is 78.1 cm³/mol. The number of ether oxygens (including phenoxy) is 1. The molecule has 2 aromatic rings. The summed E-state index contributed by atoms with van der Waals surface area (Å²) >= 11 is 0. The molecule has 0 aliphatic carbocycles. The van der Waals surface area contributed by atoms with E-state index in [1.54, 1.807) is 24.3 Å². The highest BCUT2D eigenvalue weighted by Gasteiger charge is 2.05. The molecule has 0 heterocycles. The Morgan fingerprint density at radius 3 is 2.35 bits per heavy atom. The minimum Gasteiger partial charge on any atom is -0.487 e. The topological polar surface area (TPSA) is 72.5 Å². The van der Waals surface area contributed by atoms with Gasteiger partial charge in [-0.3, -0.25) is 0 Å². The molecule has 0 unspecified atom stereocenters. The number of nitrogen functional groups attached to an aromatic ring is 1. The highest BCUT2D eigenvalue weighted by Crippen LogP contribution is 2.26. The molecule has 0 bridgehead atoms. The van der Waals surface area contributed by atoms with Crippen molar-refractivity contribution in [2.75, 3.05) is 5.73 Å². The summed E-state index contributed by atoms with van der Waals surface area (Å²) in [7, 11) is 0. The van der Waals surface area contributed by atoms with Crippen LogP contribution in [0, 0.1) is 13.8 Å². The highest BCUT2D eigenvalue weighted by molar-refractivity contribution is 5.87. The molecular weight excluding hydrogens is 254 g/mol. The summed E-state index contributed by atoms with van der Waals surface area (Å²) in [5.41, 5.74) is 9.93. The van der Waals surface area contributed by atoms with E-state index in [0.717, 1.165) is 16.7 Å². The van der Waals surface area contributed by atoms with Crippen LogP contribution in [0.3, 0.4) is 0 Å². The lowest BCUT2D eigenvalue weighted by atomic mass is 10.1. The molecule has 0 fully saturated rings. The van der Waals surface area contributed by atoms with E-state index < -0.39 is 5.97 Å². The molecule has 2 aromatic carbocycles. The third kappa shape index (κ3) is 3.09. The van der Waals surface area contributed by atoms with Crippen molar-refractivity contribution in [3.05, 3.63) is 58.7 Å². The number of hydrogen-bond acceptors (Lipinski definition) is 3. The summed E-state index contributed by atoms with van der Waals surface area (Å²) in [4.78, 5) is 10.8. The summed E-state index contributed by atoms with van der Waals surface area (Å²) in [6.07, 6.45) is 0. The summed E-state index contributed by atoms with van der Waals surface area (Å²) in [5.74, 6) is -0.286. The van der Waals surface area contributed by atoms with Gasteiger partial charge in [-0.15, -0.1) is 0 Å². The Labute approximate surface area is 117 Å². The number of aromatic carboxylic acids is 1. The molecule has 2 rings (SSSR count). The summed E-state index contributed by atoms with van der Waals surface area (Å²) in [6.45, 7) is 4.36. The fourth-order valence-corrected chi connectivity index (χ4v) is 1.84. The summed E-state index contributed by atoms with van der Waals surface area (Å²) < 4.78 is 5.69. The molecule has 104 valence electrons. The zero-order chi connectivity index (χ0) is 14.7. The van der Waals surface area contributed by atoms with Gasteiger partial charge in [0.15, 0.2) is 0 Å². The summed E-state index contributed by atoms with van der Waals surface area (Å²) in [6, 6.07) is 10.4. The second-order valence-electron chi connectivity index (χ2n) is 4.77. The molecule has 4 nitrogen and oxygen atoms in total. The maximum absolute atomic E-state index is 10.8. The van der Waals surface area contributed by atoms with Gasteiger partial charge in [-0.05, 0) is 54.8 Å². The van der Waals surface area contributed by atoms with Crippen LogP contribution in [0.1, 0.15) is 27.0 Å². The molecular formula is C16H17NO3. The van der Waals surface area contributed by atoms with E-state index in [0.29, 0.717) is 18.0 Å². The normalized spacial score (nSPS) is 10.3. The molecule has 3 N–H and O–H groups in total. The SMILES string of the molecule is Cc1cc(N)c(OCc2ccc(C(=O)O)cc2)cc1C. The van der Waals surface area contributed by atoms with E-state index in [2.05, 4.69) is 0 Å². The zero-order valence-electron chi connectivity index (χ0n) is 11.5. The number of carboxylic acid groups (broad SMARTS) is 1. The van der Waals surface area contributed by atoms with Gasteiger partial charge in [0.25, 0.3) is 0 Å². The number of nitrogens with two attached hydrogens (primary N) is 1. The van der Waals surface area contributed by atoms with Gasteiger partial charge < -0.3 is 15.6 Å². The number of rotatable bonds is 4. The Morgan fingerprint density at radius 2 is 1.75 bits per heavy atom. The van der Waals surface area contributed by atoms with E-state index in [-0.39, 0.29) is 5.56 Å². The first-order chi connectivity index (χ1) is 9.47. The van der Waals surface area contributed by atoms with Crippen LogP contribution in [0.15, 0.2) is 36.4 Å². The molecule has 0 amide bonds. The van der Waals surface area contributed by atoms with Gasteiger partial charge in [-0.25, -0.2) is 4.79 Å². The van der Waals surface area contributed by atoms with E-state index in [4.69, 9.17) is 15.6 Å². The van der Waals surface area contributed by atoms with Crippen molar-refractivity contribution >= 4 is 11.7 Å². The second-order valence-corrected chi connectivity index (χ2v) is 4.77. The quantitative estimate of drug-likeness (QED) is 0.838. The van der Waals surface area contributed by atoms with E-state index in [1.165, 1.54) is 0 Å². The van der Waals surface area contributed by atoms with E-state index in [9.17, 15) is 4.79 Å². The Morgan fingerprint density at radius 1 is 1.15 bits per heavy atom. The molecule has 0 spiro atoms. The predicted octanol–water partition coefficient (Wildman–Crippen LogP) is 3.16. The third-order valence-corrected chi connectivity index (χ3v) is 3.22. The first-order valence-corrected chi connectivity index (χ1v) is 6.29. The fraction of sp³-hybridized carbons (Fsp3) is 0.188. The smallest absolute Gasteiger partial charge is 0.335 e. The Kier molecular flexibility index (Phi) is 3.94. The lowest BCUT2D eigenvalue weighted by Gasteiger charge is -2.11. The van der Waals surface area contributed by atoms with Crippen LogP contribution < -0.4 is 10.5 Å². The lowest BCUT2D eigenvalue weighted by molar-refractivity contribution is 0.0697. The molecule has 0 atom stereocenters. The first-order valence-electron chi connectivity index (χ1n) is 6.29. The molecule has 0 saturated carbocycles. The molecule has 0 aromatic heterocycles. The van der Waals surface area contributed by atoms with Crippen LogP contribution in [0.2, 0.25) is 0 Å². The second kappa shape index (κ2) is 5.65. The maximum Gasteiger partial charge on any atom is 0.335 e. The van der Waals surface area contributed by atoms with Gasteiger partial charge >= 0.3 is 5.97 Å². The Hall–Kier alpha value is -2.49. The van der Waals surface area contributed by atoms with Gasteiger partial charge in [0.05, 0.1) is 11.3 Å². The number of anilines is 1. The van der Waals surface area contributed by atoms with Gasteiger partial charge in [-0.2, -0.15) is 0 Å². The molecule has 0 saturated heterocycles. The number of aryl methyl sites for hydroxylation is 2. The van der Waals surface area contributed by atoms with Gasteiger partial charge in [0, 0.05) is 0 Å². The molecule has 20 heavy (non-hydrogen) atoms. The average molecular weight is 271 g/mol. The van der Waals surface area contributed by atoms with Crippen molar-refractivity contribution in [1.29, 1.82) is 0 Å². The van der Waals surface area contributed by atoms with Crippen LogP contribution in [0.5, 0.6) is 5.75 Å². The number of carboxylic acids is 1. The first kappa shape index (κ1) is 13.9. The Bertz CT molecular complexity index is 633. The number of benzene rings is 2. The Balaban J connectivity index is 2.09. The highest BCUT2D eigenvalue weighted by atomic mass is 16.5. The minimum absolute atomic E-state index is 0.263. The van der Waals surface area contributed by atoms with Crippen molar-refractivity contribution in [2.24, 2.45) is 0 Å². The zero-order valence-corrected chi connectivity index (χ0v) is 11.5. The molecule has 0 radical (unpaired) electrons. The minimum atomic E-state index is -0.934. The standard InChI is InChI=1S/C16H17NO3/c1-10-7-14(17)15(8-11(10)2)20-9-12-3-5-13(6-4-12)16(18)19/h3-8H,9,17H2,1-2H3,(H,18,19). The fourth-order valence-electron chi connectivity index (χ4n) is 1.84. The van der Waals surface area contributed by atoms with Crippen LogP contribution in [-0.2, 0) is 6.61 Å². The molecule has 0 aliphatic rings. The van der Waals surface area contributed by atoms with Crippen LogP contribution >= 0.6 is 0 Å². The van der Waals surface area contributed by atoms with Crippen LogP contribution in [0.25, 0.3) is 0 Å². The largest absolute Gasteiger partial charge is 0.487 e. The van der Waals surface area contributed by atoms with Gasteiger partial charge in [-0.1, -0.05) is 12.1 Å². The van der Waals surface area contributed by atoms with Gasteiger partial charge in [0.2, 0.25) is 0 Å². The summed E-state index contributed by atoms with van der Waals surface area (Å²) in [5, 5.41) is 8.83. The van der Waals surface area contributed by atoms with Crippen molar-refractivity contribution < 1.29 is 14.6 Å². The van der Waals surface area contributed by atoms with Crippen molar-refractivity contribution in [3.8, 4) is 5.75 Å². The molecule has 0 aliphatic heterocycles. The average Bonchev–Trinajstić information content (AvgIpc) is 2.42. The van der Waals surface area contributed by atoms with Crippen LogP contribution in [0.4, 0.5) is 5.69 Å². The van der Waals surface area contributed by atoms with Crippen molar-refractivity contribution in [2.45, 2.75) is 20.5 Å². The van der Waals surface area contributed by atoms with E-state index >= 15 is 0 Å². The van der Waals surface area contributed by atoms with Crippen LogP contribution in [-0.4, -0.2) is 11.1 Å². The number of hydrogen-bond donors (Lipinski definition) is 2. The lowest BCUT2D eigenvalue weighted by Crippen LogP contribution is -2.01. The van der Waals surface area contributed by atoms with Crippen molar-refractivity contribution in [1.82, 2.24) is 0 Å². The van der Waals surface area contributed by atoms with Gasteiger partial charge in [0.1, 0.15) is 12.4 Å². The van der Waals surface area contributed by atoms with Crippen molar-refractivity contribution in [3.63, 3.8) is 0 Å². The maximum atomic E-state index is 10.8. The monoisotopic (exact) mass is 271 g/mol. The number of carbonyl (C=O) groups is 1.